The second kappa shape index (κ2) is 7.08. The van der Waals surface area contributed by atoms with E-state index in [9.17, 15) is 4.39 Å². The van der Waals surface area contributed by atoms with Crippen LogP contribution in [0.5, 0.6) is 11.5 Å². The van der Waals surface area contributed by atoms with Crippen LogP contribution in [0, 0.1) is 11.7 Å². The zero-order valence-electron chi connectivity index (χ0n) is 14.7. The third-order valence-corrected chi connectivity index (χ3v) is 5.83. The number of rotatable bonds is 3. The Bertz CT molecular complexity index is 829. The smallest absolute Gasteiger partial charge is 0.174 e. The van der Waals surface area contributed by atoms with Gasteiger partial charge in [0.2, 0.25) is 0 Å². The van der Waals surface area contributed by atoms with Gasteiger partial charge in [0, 0.05) is 23.8 Å². The van der Waals surface area contributed by atoms with E-state index >= 15 is 0 Å². The minimum Gasteiger partial charge on any atom is -0.493 e. The zero-order chi connectivity index (χ0) is 18.3. The maximum absolute atomic E-state index is 13.8. The van der Waals surface area contributed by atoms with Gasteiger partial charge in [0.25, 0.3) is 0 Å². The van der Waals surface area contributed by atoms with Crippen molar-refractivity contribution >= 4 is 21.6 Å². The van der Waals surface area contributed by atoms with Crippen molar-refractivity contribution in [2.45, 2.75) is 25.0 Å². The van der Waals surface area contributed by atoms with E-state index in [1.807, 2.05) is 6.07 Å². The Hall–Kier alpha value is -1.79. The standard InChI is InChI=1S/C20H21BrFNO3/c1-24-17-9-11(8-15(21)20(17)25-2)18-13-4-3-7-26-19(13)14-10-12(22)5-6-16(14)23-18/h5-6,8-10,13,18-19,23H,3-4,7H2,1-2H3/t13-,18-,19-/m0/s1. The molecule has 1 fully saturated rings. The van der Waals surface area contributed by atoms with Crippen molar-refractivity contribution in [2.24, 2.45) is 5.92 Å². The minimum absolute atomic E-state index is 0.0503. The van der Waals surface area contributed by atoms with E-state index in [1.165, 1.54) is 6.07 Å². The van der Waals surface area contributed by atoms with Gasteiger partial charge < -0.3 is 19.5 Å². The summed E-state index contributed by atoms with van der Waals surface area (Å²) in [4.78, 5) is 0. The molecule has 138 valence electrons. The molecule has 2 aromatic rings. The predicted molar refractivity (Wildman–Crippen MR) is 101 cm³/mol. The topological polar surface area (TPSA) is 39.7 Å². The molecule has 0 amide bonds. The first-order chi connectivity index (χ1) is 12.6. The molecule has 0 spiro atoms. The molecule has 0 radical (unpaired) electrons. The fraction of sp³-hybridized carbons (Fsp3) is 0.400. The van der Waals surface area contributed by atoms with Crippen LogP contribution in [-0.2, 0) is 4.74 Å². The van der Waals surface area contributed by atoms with E-state index in [2.05, 4.69) is 27.3 Å². The summed E-state index contributed by atoms with van der Waals surface area (Å²) in [6.45, 7) is 0.708. The lowest BCUT2D eigenvalue weighted by Crippen LogP contribution is -2.36. The molecule has 2 aliphatic rings. The number of ether oxygens (including phenoxy) is 3. The van der Waals surface area contributed by atoms with Gasteiger partial charge in [-0.15, -0.1) is 0 Å². The van der Waals surface area contributed by atoms with Gasteiger partial charge in [-0.05, 0) is 64.7 Å². The molecular weight excluding hydrogens is 401 g/mol. The molecule has 2 aromatic carbocycles. The van der Waals surface area contributed by atoms with Crippen molar-refractivity contribution in [3.8, 4) is 11.5 Å². The zero-order valence-corrected chi connectivity index (χ0v) is 16.3. The summed E-state index contributed by atoms with van der Waals surface area (Å²) in [5.74, 6) is 1.34. The van der Waals surface area contributed by atoms with Crippen LogP contribution in [0.3, 0.4) is 0 Å². The Morgan fingerprint density at radius 2 is 2.04 bits per heavy atom. The number of fused-ring (bicyclic) bond motifs is 3. The van der Waals surface area contributed by atoms with Crippen LogP contribution in [0.15, 0.2) is 34.8 Å². The monoisotopic (exact) mass is 421 g/mol. The minimum atomic E-state index is -0.231. The molecule has 1 N–H and O–H groups in total. The summed E-state index contributed by atoms with van der Waals surface area (Å²) in [6, 6.07) is 8.97. The summed E-state index contributed by atoms with van der Waals surface area (Å²) >= 11 is 3.58. The summed E-state index contributed by atoms with van der Waals surface area (Å²) in [5.41, 5.74) is 2.92. The number of methoxy groups -OCH3 is 2. The normalized spacial score (nSPS) is 24.2. The van der Waals surface area contributed by atoms with E-state index in [0.717, 1.165) is 34.1 Å². The molecule has 1 saturated heterocycles. The third kappa shape index (κ3) is 2.95. The van der Waals surface area contributed by atoms with Gasteiger partial charge in [0.1, 0.15) is 5.82 Å². The highest BCUT2D eigenvalue weighted by Gasteiger charge is 2.40. The molecule has 0 aromatic heterocycles. The SMILES string of the molecule is COc1cc([C@@H]2Nc3ccc(F)cc3[C@H]3OCCC[C@H]32)cc(Br)c1OC. The van der Waals surface area contributed by atoms with Gasteiger partial charge in [-0.3, -0.25) is 0 Å². The molecule has 2 heterocycles. The molecule has 0 bridgehead atoms. The molecule has 3 atom stereocenters. The van der Waals surface area contributed by atoms with Crippen molar-refractivity contribution < 1.29 is 18.6 Å². The van der Waals surface area contributed by atoms with Crippen LogP contribution < -0.4 is 14.8 Å². The number of hydrogen-bond acceptors (Lipinski definition) is 4. The van der Waals surface area contributed by atoms with Gasteiger partial charge >= 0.3 is 0 Å². The molecular formula is C20H21BrFNO3. The maximum Gasteiger partial charge on any atom is 0.174 e. The Morgan fingerprint density at radius 1 is 1.19 bits per heavy atom. The lowest BCUT2D eigenvalue weighted by Gasteiger charge is -2.43. The quantitative estimate of drug-likeness (QED) is 0.735. The van der Waals surface area contributed by atoms with E-state index in [1.54, 1.807) is 26.4 Å². The summed E-state index contributed by atoms with van der Waals surface area (Å²) < 4.78 is 31.6. The molecule has 4 rings (SSSR count). The highest BCUT2D eigenvalue weighted by molar-refractivity contribution is 9.10. The lowest BCUT2D eigenvalue weighted by atomic mass is 9.77. The van der Waals surface area contributed by atoms with E-state index in [0.29, 0.717) is 18.1 Å². The molecule has 6 heteroatoms. The van der Waals surface area contributed by atoms with Gasteiger partial charge in [0.05, 0.1) is 30.8 Å². The van der Waals surface area contributed by atoms with Crippen molar-refractivity contribution in [3.05, 3.63) is 51.7 Å². The van der Waals surface area contributed by atoms with Crippen LogP contribution in [0.25, 0.3) is 0 Å². The molecule has 4 nitrogen and oxygen atoms in total. The number of hydrogen-bond donors (Lipinski definition) is 1. The van der Waals surface area contributed by atoms with Crippen LogP contribution in [0.2, 0.25) is 0 Å². The Balaban J connectivity index is 1.79. The Morgan fingerprint density at radius 3 is 2.81 bits per heavy atom. The van der Waals surface area contributed by atoms with Gasteiger partial charge in [-0.2, -0.15) is 0 Å². The summed E-state index contributed by atoms with van der Waals surface area (Å²) in [7, 11) is 3.25. The van der Waals surface area contributed by atoms with Gasteiger partial charge in [-0.25, -0.2) is 4.39 Å². The maximum atomic E-state index is 13.8. The van der Waals surface area contributed by atoms with Crippen LogP contribution in [0.4, 0.5) is 10.1 Å². The van der Waals surface area contributed by atoms with E-state index in [4.69, 9.17) is 14.2 Å². The van der Waals surface area contributed by atoms with Crippen molar-refractivity contribution in [3.63, 3.8) is 0 Å². The number of anilines is 1. The van der Waals surface area contributed by atoms with Crippen molar-refractivity contribution in [1.82, 2.24) is 0 Å². The number of benzene rings is 2. The lowest BCUT2D eigenvalue weighted by molar-refractivity contribution is -0.0383. The van der Waals surface area contributed by atoms with E-state index < -0.39 is 0 Å². The van der Waals surface area contributed by atoms with Crippen molar-refractivity contribution in [1.29, 1.82) is 0 Å². The van der Waals surface area contributed by atoms with Crippen LogP contribution >= 0.6 is 15.9 Å². The predicted octanol–water partition coefficient (Wildman–Crippen LogP) is 5.24. The average Bonchev–Trinajstić information content (AvgIpc) is 2.66. The summed E-state index contributed by atoms with van der Waals surface area (Å²) in [6.07, 6.45) is 1.91. The number of halogens is 2. The molecule has 0 aliphatic carbocycles. The average molecular weight is 422 g/mol. The Kier molecular flexibility index (Phi) is 4.80. The van der Waals surface area contributed by atoms with E-state index in [-0.39, 0.29) is 23.9 Å². The first-order valence-corrected chi connectivity index (χ1v) is 9.50. The second-order valence-electron chi connectivity index (χ2n) is 6.69. The highest BCUT2D eigenvalue weighted by Crippen LogP contribution is 2.50. The van der Waals surface area contributed by atoms with Crippen LogP contribution in [0.1, 0.15) is 36.1 Å². The van der Waals surface area contributed by atoms with Crippen molar-refractivity contribution in [2.75, 3.05) is 26.1 Å². The number of nitrogens with one attached hydrogen (secondary N) is 1. The van der Waals surface area contributed by atoms with Gasteiger partial charge in [0.15, 0.2) is 11.5 Å². The highest BCUT2D eigenvalue weighted by atomic mass is 79.9. The van der Waals surface area contributed by atoms with Crippen LogP contribution in [-0.4, -0.2) is 20.8 Å². The molecule has 26 heavy (non-hydrogen) atoms. The molecule has 2 aliphatic heterocycles. The Labute approximate surface area is 160 Å². The molecule has 0 saturated carbocycles. The molecule has 0 unspecified atom stereocenters. The second-order valence-corrected chi connectivity index (χ2v) is 7.54. The third-order valence-electron chi connectivity index (χ3n) is 5.24. The largest absolute Gasteiger partial charge is 0.493 e. The first-order valence-electron chi connectivity index (χ1n) is 8.71. The first kappa shape index (κ1) is 17.6. The summed E-state index contributed by atoms with van der Waals surface area (Å²) in [5, 5.41) is 3.59. The van der Waals surface area contributed by atoms with Gasteiger partial charge in [-0.1, -0.05) is 0 Å². The fourth-order valence-electron chi connectivity index (χ4n) is 4.09. The fourth-order valence-corrected chi connectivity index (χ4v) is 4.71.